The summed E-state index contributed by atoms with van der Waals surface area (Å²) in [6.45, 7) is 6.24. The number of nitrogens with zero attached hydrogens (tertiary/aromatic N) is 1. The van der Waals surface area contributed by atoms with Crippen LogP contribution in [0.2, 0.25) is 0 Å². The van der Waals surface area contributed by atoms with Gasteiger partial charge in [0, 0.05) is 12.1 Å². The maximum Gasteiger partial charge on any atom is 0.356 e. The van der Waals surface area contributed by atoms with Gasteiger partial charge in [-0.1, -0.05) is 0 Å². The van der Waals surface area contributed by atoms with Crippen molar-refractivity contribution in [2.75, 3.05) is 25.2 Å². The second-order valence-corrected chi connectivity index (χ2v) is 6.69. The first-order valence-electron chi connectivity index (χ1n) is 8.07. The first-order chi connectivity index (χ1) is 12.0. The normalized spacial score (nSPS) is 18.3. The Kier molecular flexibility index (Phi) is 4.99. The molecular weight excluding hydrogens is 392 g/mol. The van der Waals surface area contributed by atoms with E-state index in [1.54, 1.807) is 20.1 Å². The van der Waals surface area contributed by atoms with Crippen LogP contribution in [-0.4, -0.2) is 37.5 Å². The maximum atomic E-state index is 12.2. The molecule has 1 N–H and O–H groups in total. The number of rotatable bonds is 5. The van der Waals surface area contributed by atoms with Crippen LogP contribution in [0.25, 0.3) is 0 Å². The molecule has 2 aliphatic heterocycles. The number of carbonyl (C=O) groups excluding carboxylic acids is 1. The SMILES string of the molecule is CCOC(=O)C1=C2COc3cc(OC)c(OC(C)C)cc3N2C(Br)N1. The van der Waals surface area contributed by atoms with Gasteiger partial charge in [0.25, 0.3) is 0 Å². The third kappa shape index (κ3) is 3.22. The van der Waals surface area contributed by atoms with Gasteiger partial charge in [-0.2, -0.15) is 0 Å². The van der Waals surface area contributed by atoms with E-state index in [9.17, 15) is 4.79 Å². The molecule has 0 radical (unpaired) electrons. The summed E-state index contributed by atoms with van der Waals surface area (Å²) in [4.78, 5) is 14.1. The lowest BCUT2D eigenvalue weighted by Crippen LogP contribution is -2.35. The fraction of sp³-hybridized carbons (Fsp3) is 0.471. The number of ether oxygens (including phenoxy) is 4. The van der Waals surface area contributed by atoms with Gasteiger partial charge >= 0.3 is 5.97 Å². The number of hydrogen-bond donors (Lipinski definition) is 1. The van der Waals surface area contributed by atoms with Gasteiger partial charge in [0.15, 0.2) is 16.6 Å². The molecule has 2 aliphatic rings. The van der Waals surface area contributed by atoms with E-state index in [1.807, 2.05) is 24.8 Å². The summed E-state index contributed by atoms with van der Waals surface area (Å²) in [5, 5.41) is 2.82. The van der Waals surface area contributed by atoms with Crippen LogP contribution in [0.15, 0.2) is 23.5 Å². The number of hydrogen-bond acceptors (Lipinski definition) is 7. The van der Waals surface area contributed by atoms with E-state index in [1.165, 1.54) is 0 Å². The Balaban J connectivity index is 2.04. The van der Waals surface area contributed by atoms with E-state index in [-0.39, 0.29) is 17.8 Å². The molecule has 0 saturated heterocycles. The molecule has 0 amide bonds. The second kappa shape index (κ2) is 7.03. The molecular formula is C17H21BrN2O5. The lowest BCUT2D eigenvalue weighted by molar-refractivity contribution is -0.138. The van der Waals surface area contributed by atoms with Gasteiger partial charge in [-0.3, -0.25) is 0 Å². The molecule has 7 nitrogen and oxygen atoms in total. The van der Waals surface area contributed by atoms with Gasteiger partial charge in [-0.15, -0.1) is 0 Å². The highest BCUT2D eigenvalue weighted by Gasteiger charge is 2.39. The standard InChI is InChI=1S/C17H21BrN2O5/c1-5-23-16(21)15-11-8-24-12-7-13(22-4)14(25-9(2)3)6-10(12)20(11)17(18)19-15/h6-7,9,17,19H,5,8H2,1-4H3. The van der Waals surface area contributed by atoms with Crippen LogP contribution >= 0.6 is 15.9 Å². The van der Waals surface area contributed by atoms with E-state index in [0.717, 1.165) is 5.69 Å². The van der Waals surface area contributed by atoms with E-state index >= 15 is 0 Å². The zero-order valence-corrected chi connectivity index (χ0v) is 16.2. The molecule has 1 unspecified atom stereocenters. The van der Waals surface area contributed by atoms with E-state index in [4.69, 9.17) is 18.9 Å². The summed E-state index contributed by atoms with van der Waals surface area (Å²) in [6.07, 6.45) is -0.00182. The number of nitrogens with one attached hydrogen (secondary N) is 1. The summed E-state index contributed by atoms with van der Waals surface area (Å²) in [5.74, 6) is 1.48. The predicted octanol–water partition coefficient (Wildman–Crippen LogP) is 2.74. The number of esters is 1. The number of fused-ring (bicyclic) bond motifs is 3. The minimum absolute atomic E-state index is 0.00182. The highest BCUT2D eigenvalue weighted by molar-refractivity contribution is 9.09. The lowest BCUT2D eigenvalue weighted by Gasteiger charge is -2.32. The first kappa shape index (κ1) is 17.7. The van der Waals surface area contributed by atoms with Crippen LogP contribution in [0.3, 0.4) is 0 Å². The Labute approximate surface area is 155 Å². The molecule has 8 heteroatoms. The van der Waals surface area contributed by atoms with Gasteiger partial charge in [-0.25, -0.2) is 4.79 Å². The summed E-state index contributed by atoms with van der Waals surface area (Å²) < 4.78 is 22.2. The molecule has 2 heterocycles. The van der Waals surface area contributed by atoms with Crippen LogP contribution in [-0.2, 0) is 9.53 Å². The predicted molar refractivity (Wildman–Crippen MR) is 96.2 cm³/mol. The van der Waals surface area contributed by atoms with Gasteiger partial charge < -0.3 is 29.2 Å². The zero-order chi connectivity index (χ0) is 18.1. The average Bonchev–Trinajstić information content (AvgIpc) is 2.91. The summed E-state index contributed by atoms with van der Waals surface area (Å²) >= 11 is 3.56. The van der Waals surface area contributed by atoms with E-state index in [2.05, 4.69) is 21.2 Å². The second-order valence-electron chi connectivity index (χ2n) is 5.82. The highest BCUT2D eigenvalue weighted by atomic mass is 79.9. The smallest absolute Gasteiger partial charge is 0.356 e. The van der Waals surface area contributed by atoms with Crippen molar-refractivity contribution in [2.45, 2.75) is 32.0 Å². The van der Waals surface area contributed by atoms with Crippen LogP contribution in [0, 0.1) is 0 Å². The number of benzene rings is 1. The molecule has 3 rings (SSSR count). The summed E-state index contributed by atoms with van der Waals surface area (Å²) in [6, 6.07) is 3.66. The third-order valence-electron chi connectivity index (χ3n) is 3.78. The van der Waals surface area contributed by atoms with E-state index < -0.39 is 5.97 Å². The van der Waals surface area contributed by atoms with Crippen molar-refractivity contribution in [1.29, 1.82) is 0 Å². The number of carbonyl (C=O) groups is 1. The average molecular weight is 413 g/mol. The van der Waals surface area contributed by atoms with Crippen molar-refractivity contribution < 1.29 is 23.7 Å². The van der Waals surface area contributed by atoms with Crippen LogP contribution in [0.5, 0.6) is 17.2 Å². The molecule has 0 spiro atoms. The molecule has 1 aromatic carbocycles. The molecule has 0 fully saturated rings. The fourth-order valence-corrected chi connectivity index (χ4v) is 3.50. The van der Waals surface area contributed by atoms with Crippen LogP contribution in [0.4, 0.5) is 5.69 Å². The number of methoxy groups -OCH3 is 1. The molecule has 0 saturated carbocycles. The van der Waals surface area contributed by atoms with E-state index in [0.29, 0.717) is 35.2 Å². The van der Waals surface area contributed by atoms with Crippen molar-refractivity contribution in [3.8, 4) is 17.2 Å². The number of anilines is 1. The van der Waals surface area contributed by atoms with Crippen LogP contribution in [0.1, 0.15) is 20.8 Å². The van der Waals surface area contributed by atoms with Gasteiger partial charge in [0.1, 0.15) is 18.1 Å². The summed E-state index contributed by atoms with van der Waals surface area (Å²) in [7, 11) is 1.59. The largest absolute Gasteiger partial charge is 0.493 e. The Morgan fingerprint density at radius 3 is 2.84 bits per heavy atom. The van der Waals surface area contributed by atoms with Gasteiger partial charge in [0.05, 0.1) is 31.2 Å². The summed E-state index contributed by atoms with van der Waals surface area (Å²) in [5.41, 5.74) is 1.90. The van der Waals surface area contributed by atoms with Crippen molar-refractivity contribution in [3.05, 3.63) is 23.5 Å². The number of halogens is 1. The topological polar surface area (TPSA) is 69.3 Å². The molecule has 136 valence electrons. The van der Waals surface area contributed by atoms with Crippen molar-refractivity contribution in [3.63, 3.8) is 0 Å². The number of alkyl halides is 1. The Morgan fingerprint density at radius 1 is 1.44 bits per heavy atom. The third-order valence-corrected chi connectivity index (χ3v) is 4.42. The highest BCUT2D eigenvalue weighted by Crippen LogP contribution is 2.46. The Morgan fingerprint density at radius 2 is 2.20 bits per heavy atom. The minimum atomic E-state index is -0.399. The molecule has 1 atom stereocenters. The first-order valence-corrected chi connectivity index (χ1v) is 8.99. The molecule has 0 aliphatic carbocycles. The molecule has 1 aromatic rings. The lowest BCUT2D eigenvalue weighted by atomic mass is 10.2. The molecule has 0 bridgehead atoms. The monoisotopic (exact) mass is 412 g/mol. The zero-order valence-electron chi connectivity index (χ0n) is 14.6. The molecule has 25 heavy (non-hydrogen) atoms. The van der Waals surface area contributed by atoms with Crippen LogP contribution < -0.4 is 24.4 Å². The fourth-order valence-electron chi connectivity index (χ4n) is 2.80. The van der Waals surface area contributed by atoms with Crippen molar-refractivity contribution >= 4 is 27.6 Å². The molecule has 0 aromatic heterocycles. The van der Waals surface area contributed by atoms with Crippen molar-refractivity contribution in [1.82, 2.24) is 5.32 Å². The Hall–Kier alpha value is -2.09. The maximum absolute atomic E-state index is 12.2. The van der Waals surface area contributed by atoms with Gasteiger partial charge in [-0.05, 0) is 36.7 Å². The van der Waals surface area contributed by atoms with Crippen molar-refractivity contribution in [2.24, 2.45) is 0 Å². The minimum Gasteiger partial charge on any atom is -0.493 e. The Bertz CT molecular complexity index is 719. The quantitative estimate of drug-likeness (QED) is 0.452. The van der Waals surface area contributed by atoms with Gasteiger partial charge in [0.2, 0.25) is 0 Å².